The maximum atomic E-state index is 11.8. The summed E-state index contributed by atoms with van der Waals surface area (Å²) < 4.78 is 14.2. The van der Waals surface area contributed by atoms with Crippen molar-refractivity contribution in [3.05, 3.63) is 12.2 Å². The third-order valence-corrected chi connectivity index (χ3v) is 12.0. The maximum Gasteiger partial charge on any atom is 0.308 e. The molecule has 35 heavy (non-hydrogen) atoms. The average Bonchev–Trinajstić information content (AvgIpc) is 3.73. The minimum Gasteiger partial charge on any atom is -0.469 e. The van der Waals surface area contributed by atoms with Gasteiger partial charge >= 0.3 is 11.9 Å². The van der Waals surface area contributed by atoms with Gasteiger partial charge in [0, 0.05) is 14.2 Å². The number of hydrogen-bond donors (Lipinski definition) is 0. The Labute approximate surface area is 210 Å². The standard InChI is InChI=1S/C14H20O2.C14H18O2.C2H6O/c2*1-16-14(15)11-6-9-5-10(11)13-8-3-2-7(4-8)12(9)13;1-3-2/h7-13H,2-6H2,1H3;2-3,7-13H,4-6H2,1H3;1-2H3. The van der Waals surface area contributed by atoms with E-state index >= 15 is 0 Å². The van der Waals surface area contributed by atoms with Crippen LogP contribution in [-0.2, 0) is 23.8 Å². The molecular weight excluding hydrogens is 440 g/mol. The Hall–Kier alpha value is -1.36. The van der Waals surface area contributed by atoms with Crippen LogP contribution < -0.4 is 0 Å². The van der Waals surface area contributed by atoms with Gasteiger partial charge in [-0.25, -0.2) is 0 Å². The molecule has 194 valence electrons. The van der Waals surface area contributed by atoms with Crippen LogP contribution in [0, 0.1) is 82.9 Å². The predicted molar refractivity (Wildman–Crippen MR) is 132 cm³/mol. The molecule has 7 saturated carbocycles. The lowest BCUT2D eigenvalue weighted by atomic mass is 9.67. The van der Waals surface area contributed by atoms with Crippen LogP contribution in [-0.4, -0.2) is 40.4 Å². The summed E-state index contributed by atoms with van der Waals surface area (Å²) in [5.74, 6) is 10.9. The molecule has 0 aromatic rings. The number of allylic oxidation sites excluding steroid dienone is 2. The molecule has 0 aliphatic heterocycles. The molecule has 0 heterocycles. The molecule has 0 amide bonds. The first-order valence-electron chi connectivity index (χ1n) is 14.2. The van der Waals surface area contributed by atoms with E-state index in [0.29, 0.717) is 11.8 Å². The Morgan fingerprint density at radius 1 is 0.571 bits per heavy atom. The van der Waals surface area contributed by atoms with E-state index < -0.39 is 0 Å². The van der Waals surface area contributed by atoms with Crippen molar-refractivity contribution >= 4 is 11.9 Å². The molecule has 0 radical (unpaired) electrons. The van der Waals surface area contributed by atoms with Crippen LogP contribution in [0.25, 0.3) is 0 Å². The SMILES string of the molecule is COC.COC(=O)C1CC2CC1C1C3C=CC(C3)C21.COC(=O)C1CC2CC1C1C3CCC(C3)C21. The van der Waals surface area contributed by atoms with Crippen molar-refractivity contribution in [3.63, 3.8) is 0 Å². The summed E-state index contributed by atoms with van der Waals surface area (Å²) in [5, 5.41) is 0. The smallest absolute Gasteiger partial charge is 0.308 e. The van der Waals surface area contributed by atoms with Crippen molar-refractivity contribution in [2.75, 3.05) is 28.4 Å². The first-order chi connectivity index (χ1) is 17.0. The number of esters is 2. The summed E-state index contributed by atoms with van der Waals surface area (Å²) in [6.07, 6.45) is 15.5. The van der Waals surface area contributed by atoms with E-state index in [-0.39, 0.29) is 23.8 Å². The Bertz CT molecular complexity index is 867. The number of rotatable bonds is 2. The van der Waals surface area contributed by atoms with Gasteiger partial charge in [0.15, 0.2) is 0 Å². The maximum absolute atomic E-state index is 11.8. The fraction of sp³-hybridized carbons (Fsp3) is 0.867. The van der Waals surface area contributed by atoms with E-state index in [0.717, 1.165) is 72.0 Å². The summed E-state index contributed by atoms with van der Waals surface area (Å²) in [6.45, 7) is 0. The zero-order valence-corrected chi connectivity index (χ0v) is 21.9. The topological polar surface area (TPSA) is 61.8 Å². The number of carbonyl (C=O) groups excluding carboxylic acids is 2. The highest BCUT2D eigenvalue weighted by molar-refractivity contribution is 5.74. The average molecular weight is 485 g/mol. The van der Waals surface area contributed by atoms with Gasteiger partial charge in [0.05, 0.1) is 26.1 Å². The Kier molecular flexibility index (Phi) is 6.30. The molecular formula is C30H44O5. The molecule has 0 spiro atoms. The summed E-state index contributed by atoms with van der Waals surface area (Å²) in [6, 6.07) is 0. The van der Waals surface area contributed by atoms with Crippen molar-refractivity contribution in [1.29, 1.82) is 0 Å². The zero-order valence-electron chi connectivity index (χ0n) is 21.9. The van der Waals surface area contributed by atoms with Gasteiger partial charge < -0.3 is 14.2 Å². The van der Waals surface area contributed by atoms with Crippen LogP contribution in [0.15, 0.2) is 12.2 Å². The lowest BCUT2D eigenvalue weighted by Crippen LogP contribution is -2.36. The van der Waals surface area contributed by atoms with Gasteiger partial charge in [-0.2, -0.15) is 0 Å². The van der Waals surface area contributed by atoms with Crippen LogP contribution in [0.3, 0.4) is 0 Å². The van der Waals surface area contributed by atoms with E-state index in [9.17, 15) is 9.59 Å². The fourth-order valence-electron chi connectivity index (χ4n) is 11.4. The van der Waals surface area contributed by atoms with Crippen LogP contribution in [0.2, 0.25) is 0 Å². The molecule has 14 unspecified atom stereocenters. The molecule has 5 heteroatoms. The molecule has 7 fully saturated rings. The molecule has 8 aliphatic carbocycles. The van der Waals surface area contributed by atoms with Gasteiger partial charge in [-0.05, 0) is 122 Å². The van der Waals surface area contributed by atoms with E-state index in [1.54, 1.807) is 21.3 Å². The predicted octanol–water partition coefficient (Wildman–Crippen LogP) is 4.99. The Morgan fingerprint density at radius 3 is 1.63 bits per heavy atom. The molecule has 0 aromatic carbocycles. The van der Waals surface area contributed by atoms with Crippen molar-refractivity contribution in [1.82, 2.24) is 0 Å². The van der Waals surface area contributed by atoms with Crippen LogP contribution in [0.5, 0.6) is 0 Å². The van der Waals surface area contributed by atoms with E-state index in [1.807, 2.05) is 0 Å². The van der Waals surface area contributed by atoms with Gasteiger partial charge in [0.2, 0.25) is 0 Å². The Morgan fingerprint density at radius 2 is 1.06 bits per heavy atom. The summed E-state index contributed by atoms with van der Waals surface area (Å²) in [7, 11) is 6.33. The number of hydrogen-bond acceptors (Lipinski definition) is 5. The third kappa shape index (κ3) is 3.57. The first kappa shape index (κ1) is 24.0. The number of ether oxygens (including phenoxy) is 3. The first-order valence-corrected chi connectivity index (χ1v) is 14.2. The summed E-state index contributed by atoms with van der Waals surface area (Å²) >= 11 is 0. The third-order valence-electron chi connectivity index (χ3n) is 12.0. The van der Waals surface area contributed by atoms with Gasteiger partial charge in [-0.15, -0.1) is 0 Å². The molecule has 8 bridgehead atoms. The quantitative estimate of drug-likeness (QED) is 0.314. The second-order valence-electron chi connectivity index (χ2n) is 13.0. The van der Waals surface area contributed by atoms with Gasteiger partial charge in [0.1, 0.15) is 0 Å². The Balaban J connectivity index is 0.000000118. The minimum absolute atomic E-state index is 0.0534. The molecule has 0 saturated heterocycles. The highest BCUT2D eigenvalue weighted by Gasteiger charge is 2.64. The van der Waals surface area contributed by atoms with E-state index in [1.165, 1.54) is 45.6 Å². The van der Waals surface area contributed by atoms with Crippen LogP contribution >= 0.6 is 0 Å². The number of fused-ring (bicyclic) bond motifs is 18. The second kappa shape index (κ2) is 9.19. The normalized spacial score (nSPS) is 51.9. The second-order valence-corrected chi connectivity index (χ2v) is 13.0. The van der Waals surface area contributed by atoms with Crippen LogP contribution in [0.1, 0.15) is 51.4 Å². The van der Waals surface area contributed by atoms with Crippen molar-refractivity contribution in [3.8, 4) is 0 Å². The highest BCUT2D eigenvalue weighted by atomic mass is 16.5. The van der Waals surface area contributed by atoms with Crippen molar-refractivity contribution in [2.24, 2.45) is 82.9 Å². The van der Waals surface area contributed by atoms with Gasteiger partial charge in [-0.3, -0.25) is 9.59 Å². The van der Waals surface area contributed by atoms with E-state index in [2.05, 4.69) is 16.9 Å². The zero-order chi connectivity index (χ0) is 24.4. The fourth-order valence-corrected chi connectivity index (χ4v) is 11.4. The van der Waals surface area contributed by atoms with Crippen molar-refractivity contribution in [2.45, 2.75) is 51.4 Å². The van der Waals surface area contributed by atoms with Crippen LogP contribution in [0.4, 0.5) is 0 Å². The van der Waals surface area contributed by atoms with Crippen molar-refractivity contribution < 1.29 is 23.8 Å². The molecule has 5 nitrogen and oxygen atoms in total. The van der Waals surface area contributed by atoms with Gasteiger partial charge in [-0.1, -0.05) is 12.2 Å². The number of methoxy groups -OCH3 is 3. The molecule has 0 N–H and O–H groups in total. The monoisotopic (exact) mass is 484 g/mol. The summed E-state index contributed by atoms with van der Waals surface area (Å²) in [5.41, 5.74) is 0. The van der Waals surface area contributed by atoms with Gasteiger partial charge in [0.25, 0.3) is 0 Å². The number of carbonyl (C=O) groups is 2. The molecule has 14 atom stereocenters. The minimum atomic E-state index is 0.0534. The molecule has 8 rings (SSSR count). The summed E-state index contributed by atoms with van der Waals surface area (Å²) in [4.78, 5) is 23.5. The lowest BCUT2D eigenvalue weighted by molar-refractivity contribution is -0.149. The van der Waals surface area contributed by atoms with E-state index in [4.69, 9.17) is 9.47 Å². The molecule has 8 aliphatic rings. The molecule has 0 aromatic heterocycles. The highest BCUT2D eigenvalue weighted by Crippen LogP contribution is 2.69. The lowest BCUT2D eigenvalue weighted by Gasteiger charge is -2.37. The largest absolute Gasteiger partial charge is 0.469 e.